The number of esters is 1. The normalized spacial score (nSPS) is 12.7. The van der Waals surface area contributed by atoms with Crippen molar-refractivity contribution in [3.05, 3.63) is 0 Å². The SMILES string of the molecule is CCCCCCCCCC(CCCCCCCCC(=O)OCC(CCCC)CCCCCC)N(CCCO)CCCCCC(=O)N(CCCCCC)CCCCCC. The van der Waals surface area contributed by atoms with Gasteiger partial charge in [-0.05, 0) is 76.7 Å². The maximum absolute atomic E-state index is 13.3. The van der Waals surface area contributed by atoms with Crippen molar-refractivity contribution in [2.24, 2.45) is 5.92 Å². The van der Waals surface area contributed by atoms with Gasteiger partial charge in [-0.15, -0.1) is 0 Å². The number of rotatable bonds is 47. The van der Waals surface area contributed by atoms with E-state index in [0.29, 0.717) is 37.3 Å². The van der Waals surface area contributed by atoms with E-state index in [0.717, 1.165) is 77.5 Å². The van der Waals surface area contributed by atoms with Crippen molar-refractivity contribution in [3.8, 4) is 0 Å². The van der Waals surface area contributed by atoms with Gasteiger partial charge in [0.15, 0.2) is 0 Å². The topological polar surface area (TPSA) is 70.1 Å². The Labute approximate surface area is 363 Å². The van der Waals surface area contributed by atoms with E-state index in [1.54, 1.807) is 0 Å². The highest BCUT2D eigenvalue weighted by molar-refractivity contribution is 5.76. The molecule has 6 nitrogen and oxygen atoms in total. The summed E-state index contributed by atoms with van der Waals surface area (Å²) in [6, 6.07) is 0.591. The minimum atomic E-state index is 0.00964. The largest absolute Gasteiger partial charge is 0.465 e. The molecule has 0 aromatic heterocycles. The van der Waals surface area contributed by atoms with Gasteiger partial charge in [0, 0.05) is 45.1 Å². The number of unbranched alkanes of at least 4 members (excludes halogenated alkanes) is 23. The quantitative estimate of drug-likeness (QED) is 0.0489. The van der Waals surface area contributed by atoms with E-state index in [4.69, 9.17) is 4.74 Å². The Kier molecular flexibility index (Phi) is 44.5. The molecule has 0 spiro atoms. The first-order chi connectivity index (χ1) is 28.5. The number of amides is 1. The van der Waals surface area contributed by atoms with E-state index in [1.165, 1.54) is 173 Å². The van der Waals surface area contributed by atoms with Gasteiger partial charge >= 0.3 is 5.97 Å². The molecule has 2 atom stereocenters. The Hall–Kier alpha value is -1.14. The summed E-state index contributed by atoms with van der Waals surface area (Å²) in [4.78, 5) is 30.7. The number of carbonyl (C=O) groups excluding carboxylic acids is 2. The van der Waals surface area contributed by atoms with Gasteiger partial charge in [0.1, 0.15) is 0 Å². The molecule has 1 amide bonds. The van der Waals surface area contributed by atoms with Crippen LogP contribution in [0.3, 0.4) is 0 Å². The number of nitrogens with zero attached hydrogens (tertiary/aromatic N) is 2. The zero-order valence-electron chi connectivity index (χ0n) is 40.1. The highest BCUT2D eigenvalue weighted by Crippen LogP contribution is 2.22. The molecule has 0 radical (unpaired) electrons. The molecular weight excluding hydrogens is 717 g/mol. The fraction of sp³-hybridized carbons (Fsp3) is 0.962. The molecule has 0 aromatic carbocycles. The Bertz CT molecular complexity index is 841. The fourth-order valence-electron chi connectivity index (χ4n) is 8.65. The zero-order valence-corrected chi connectivity index (χ0v) is 40.1. The molecule has 0 aliphatic rings. The Morgan fingerprint density at radius 1 is 0.431 bits per heavy atom. The molecule has 58 heavy (non-hydrogen) atoms. The lowest BCUT2D eigenvalue weighted by atomic mass is 9.96. The molecule has 0 aliphatic heterocycles. The molecule has 0 saturated carbocycles. The van der Waals surface area contributed by atoms with Crippen LogP contribution in [0.25, 0.3) is 0 Å². The minimum Gasteiger partial charge on any atom is -0.465 e. The minimum absolute atomic E-state index is 0.00964. The van der Waals surface area contributed by atoms with Crippen LogP contribution in [0.4, 0.5) is 0 Å². The average Bonchev–Trinajstić information content (AvgIpc) is 3.23. The molecule has 1 N–H and O–H groups in total. The second-order valence-electron chi connectivity index (χ2n) is 18.2. The first-order valence-electron chi connectivity index (χ1n) is 26.2. The molecule has 0 saturated heterocycles. The van der Waals surface area contributed by atoms with Gasteiger partial charge in [0.05, 0.1) is 6.61 Å². The lowest BCUT2D eigenvalue weighted by molar-refractivity contribution is -0.145. The van der Waals surface area contributed by atoms with Gasteiger partial charge in [0.2, 0.25) is 5.91 Å². The van der Waals surface area contributed by atoms with Crippen LogP contribution < -0.4 is 0 Å². The van der Waals surface area contributed by atoms with Crippen LogP contribution in [-0.4, -0.2) is 72.2 Å². The smallest absolute Gasteiger partial charge is 0.305 e. The molecule has 346 valence electrons. The molecule has 0 aliphatic carbocycles. The summed E-state index contributed by atoms with van der Waals surface area (Å²) in [5, 5.41) is 9.81. The van der Waals surface area contributed by atoms with E-state index in [2.05, 4.69) is 44.4 Å². The van der Waals surface area contributed by atoms with Gasteiger partial charge in [-0.3, -0.25) is 9.59 Å². The van der Waals surface area contributed by atoms with Gasteiger partial charge in [-0.25, -0.2) is 0 Å². The molecule has 0 rings (SSSR count). The summed E-state index contributed by atoms with van der Waals surface area (Å²) in [6.07, 6.45) is 44.1. The van der Waals surface area contributed by atoms with Crippen LogP contribution in [0.1, 0.15) is 272 Å². The summed E-state index contributed by atoms with van der Waals surface area (Å²) in [6.45, 7) is 16.1. The number of hydrogen-bond donors (Lipinski definition) is 1. The van der Waals surface area contributed by atoms with E-state index >= 15 is 0 Å². The third-order valence-electron chi connectivity index (χ3n) is 12.6. The maximum atomic E-state index is 13.3. The number of hydrogen-bond acceptors (Lipinski definition) is 5. The monoisotopic (exact) mass is 821 g/mol. The van der Waals surface area contributed by atoms with Gasteiger partial charge in [0.25, 0.3) is 0 Å². The maximum Gasteiger partial charge on any atom is 0.305 e. The second-order valence-corrected chi connectivity index (χ2v) is 18.2. The van der Waals surface area contributed by atoms with Gasteiger partial charge in [-0.2, -0.15) is 0 Å². The van der Waals surface area contributed by atoms with Crippen LogP contribution >= 0.6 is 0 Å². The Morgan fingerprint density at radius 3 is 1.38 bits per heavy atom. The highest BCUT2D eigenvalue weighted by Gasteiger charge is 2.19. The van der Waals surface area contributed by atoms with Gasteiger partial charge in [-0.1, -0.05) is 195 Å². The predicted molar refractivity (Wildman–Crippen MR) is 253 cm³/mol. The van der Waals surface area contributed by atoms with Gasteiger partial charge < -0.3 is 19.6 Å². The number of ether oxygens (including phenoxy) is 1. The standard InChI is InChI=1S/C52H104N2O4/c1-6-11-16-20-21-24-29-39-50(40-30-25-22-23-26-32-42-52(57)58-48-49(37-15-10-5)38-28-17-12-7-2)53(46-36-47-55)43-35-27-31-41-51(56)54(44-33-18-13-8-3)45-34-19-14-9-4/h49-50,55H,6-48H2,1-5H3. The second kappa shape index (κ2) is 45.4. The number of carbonyl (C=O) groups is 2. The first-order valence-corrected chi connectivity index (χ1v) is 26.2. The van der Waals surface area contributed by atoms with Crippen LogP contribution in [0.15, 0.2) is 0 Å². The van der Waals surface area contributed by atoms with E-state index < -0.39 is 0 Å². The summed E-state index contributed by atoms with van der Waals surface area (Å²) < 4.78 is 5.77. The van der Waals surface area contributed by atoms with Crippen molar-refractivity contribution in [3.63, 3.8) is 0 Å². The summed E-state index contributed by atoms with van der Waals surface area (Å²) in [5.41, 5.74) is 0. The molecule has 2 unspecified atom stereocenters. The van der Waals surface area contributed by atoms with Crippen molar-refractivity contribution in [1.29, 1.82) is 0 Å². The first kappa shape index (κ1) is 56.9. The van der Waals surface area contributed by atoms with Crippen molar-refractivity contribution in [1.82, 2.24) is 9.80 Å². The van der Waals surface area contributed by atoms with Crippen LogP contribution in [0, 0.1) is 5.92 Å². The number of aliphatic hydroxyl groups excluding tert-OH is 1. The molecule has 0 bridgehead atoms. The molecule has 0 heterocycles. The molecular formula is C52H104N2O4. The third kappa shape index (κ3) is 36.7. The van der Waals surface area contributed by atoms with Crippen molar-refractivity contribution >= 4 is 11.9 Å². The highest BCUT2D eigenvalue weighted by atomic mass is 16.5. The third-order valence-corrected chi connectivity index (χ3v) is 12.6. The van der Waals surface area contributed by atoms with E-state index in [9.17, 15) is 14.7 Å². The Morgan fingerprint density at radius 2 is 0.828 bits per heavy atom. The number of aliphatic hydroxyl groups is 1. The summed E-state index contributed by atoms with van der Waals surface area (Å²) in [7, 11) is 0. The zero-order chi connectivity index (χ0) is 42.6. The average molecular weight is 821 g/mol. The lowest BCUT2D eigenvalue weighted by Crippen LogP contribution is -2.37. The van der Waals surface area contributed by atoms with Crippen molar-refractivity contribution in [2.45, 2.75) is 278 Å². The van der Waals surface area contributed by atoms with Crippen molar-refractivity contribution in [2.75, 3.05) is 39.4 Å². The molecule has 6 heteroatoms. The summed E-state index contributed by atoms with van der Waals surface area (Å²) >= 11 is 0. The lowest BCUT2D eigenvalue weighted by Gasteiger charge is -2.32. The fourth-order valence-corrected chi connectivity index (χ4v) is 8.65. The molecule has 0 fully saturated rings. The summed E-state index contributed by atoms with van der Waals surface area (Å²) in [5.74, 6) is 0.924. The van der Waals surface area contributed by atoms with Crippen LogP contribution in [0.2, 0.25) is 0 Å². The Balaban J connectivity index is 4.85. The van der Waals surface area contributed by atoms with E-state index in [-0.39, 0.29) is 12.6 Å². The predicted octanol–water partition coefficient (Wildman–Crippen LogP) is 15.2. The van der Waals surface area contributed by atoms with E-state index in [1.807, 2.05) is 0 Å². The van der Waals surface area contributed by atoms with Crippen LogP contribution in [-0.2, 0) is 14.3 Å². The van der Waals surface area contributed by atoms with Crippen LogP contribution in [0.5, 0.6) is 0 Å². The molecule has 0 aromatic rings. The van der Waals surface area contributed by atoms with Crippen molar-refractivity contribution < 1.29 is 19.4 Å².